The third-order valence-corrected chi connectivity index (χ3v) is 4.33. The highest BCUT2D eigenvalue weighted by atomic mass is 79.9. The molecule has 0 atom stereocenters. The first kappa shape index (κ1) is 16.8. The first-order chi connectivity index (χ1) is 12.2. The molecule has 3 heteroatoms. The molecule has 0 aliphatic carbocycles. The Morgan fingerprint density at radius 1 is 1.08 bits per heavy atom. The van der Waals surface area contributed by atoms with E-state index in [0.717, 1.165) is 26.4 Å². The van der Waals surface area contributed by atoms with Crippen molar-refractivity contribution < 1.29 is 4.74 Å². The number of nitrogens with zero attached hydrogens (tertiary/aromatic N) is 1. The summed E-state index contributed by atoms with van der Waals surface area (Å²) >= 11 is 3.41. The molecule has 0 spiro atoms. The van der Waals surface area contributed by atoms with Crippen LogP contribution in [0.1, 0.15) is 11.1 Å². The number of hydrogen-bond donors (Lipinski definition) is 0. The summed E-state index contributed by atoms with van der Waals surface area (Å²) in [5.41, 5.74) is 2.27. The van der Waals surface area contributed by atoms with Gasteiger partial charge < -0.3 is 4.74 Å². The van der Waals surface area contributed by atoms with Crippen molar-refractivity contribution in [3.63, 3.8) is 0 Å². The van der Waals surface area contributed by atoms with E-state index in [1.54, 1.807) is 0 Å². The van der Waals surface area contributed by atoms with Gasteiger partial charge in [-0.15, -0.1) is 6.42 Å². The lowest BCUT2D eigenvalue weighted by Gasteiger charge is -2.11. The Labute approximate surface area is 155 Å². The minimum atomic E-state index is 0.180. The predicted octanol–water partition coefficient (Wildman–Crippen LogP) is 5.68. The van der Waals surface area contributed by atoms with Crippen molar-refractivity contribution in [1.82, 2.24) is 0 Å². The van der Waals surface area contributed by atoms with E-state index >= 15 is 0 Å². The Bertz CT molecular complexity index is 1020. The minimum absolute atomic E-state index is 0.180. The van der Waals surface area contributed by atoms with Gasteiger partial charge in [-0.2, -0.15) is 5.26 Å². The Morgan fingerprint density at radius 2 is 1.84 bits per heavy atom. The fourth-order valence-electron chi connectivity index (χ4n) is 2.62. The maximum Gasteiger partial charge on any atom is 0.148 e. The summed E-state index contributed by atoms with van der Waals surface area (Å²) in [5, 5.41) is 11.7. The summed E-state index contributed by atoms with van der Waals surface area (Å²) in [7, 11) is 0. The van der Waals surface area contributed by atoms with Gasteiger partial charge in [0, 0.05) is 10.0 Å². The van der Waals surface area contributed by atoms with Crippen molar-refractivity contribution in [2.45, 2.75) is 0 Å². The van der Waals surface area contributed by atoms with Crippen LogP contribution in [0.5, 0.6) is 5.75 Å². The maximum absolute atomic E-state index is 9.65. The first-order valence-corrected chi connectivity index (χ1v) is 8.48. The quantitative estimate of drug-likeness (QED) is 0.327. The zero-order chi connectivity index (χ0) is 17.6. The molecule has 0 heterocycles. The minimum Gasteiger partial charge on any atom is -0.480 e. The molecule has 0 unspecified atom stereocenters. The van der Waals surface area contributed by atoms with Crippen LogP contribution in [0.25, 0.3) is 22.4 Å². The Morgan fingerprint density at radius 3 is 2.56 bits per heavy atom. The first-order valence-electron chi connectivity index (χ1n) is 7.68. The second kappa shape index (κ2) is 7.71. The number of halogens is 1. The van der Waals surface area contributed by atoms with Crippen LogP contribution in [-0.4, -0.2) is 6.61 Å². The van der Waals surface area contributed by atoms with Crippen molar-refractivity contribution in [2.24, 2.45) is 0 Å². The van der Waals surface area contributed by atoms with Crippen LogP contribution in [0.3, 0.4) is 0 Å². The lowest BCUT2D eigenvalue weighted by Crippen LogP contribution is -1.96. The Kier molecular flexibility index (Phi) is 5.19. The molecule has 3 aromatic rings. The molecule has 0 radical (unpaired) electrons. The van der Waals surface area contributed by atoms with E-state index in [9.17, 15) is 5.26 Å². The lowest BCUT2D eigenvalue weighted by molar-refractivity contribution is 0.370. The highest BCUT2D eigenvalue weighted by molar-refractivity contribution is 9.10. The molecule has 0 saturated heterocycles. The molecule has 0 amide bonds. The number of terminal acetylenes is 1. The van der Waals surface area contributed by atoms with Gasteiger partial charge in [-0.05, 0) is 40.6 Å². The molecular weight excluding hydrogens is 374 g/mol. The maximum atomic E-state index is 9.65. The normalized spacial score (nSPS) is 10.9. The summed E-state index contributed by atoms with van der Waals surface area (Å²) in [5.74, 6) is 3.15. The summed E-state index contributed by atoms with van der Waals surface area (Å²) in [6.07, 6.45) is 7.18. The van der Waals surface area contributed by atoms with Crippen molar-refractivity contribution in [3.8, 4) is 24.2 Å². The zero-order valence-corrected chi connectivity index (χ0v) is 15.0. The van der Waals surface area contributed by atoms with Gasteiger partial charge in [-0.25, -0.2) is 0 Å². The summed E-state index contributed by atoms with van der Waals surface area (Å²) in [6.45, 7) is 0.180. The summed E-state index contributed by atoms with van der Waals surface area (Å²) in [6, 6.07) is 21.8. The van der Waals surface area contributed by atoms with E-state index in [4.69, 9.17) is 11.2 Å². The van der Waals surface area contributed by atoms with Gasteiger partial charge in [-0.3, -0.25) is 0 Å². The number of nitriles is 1. The van der Waals surface area contributed by atoms with E-state index < -0.39 is 0 Å². The average Bonchev–Trinajstić information content (AvgIpc) is 2.65. The second-order valence-corrected chi connectivity index (χ2v) is 6.28. The summed E-state index contributed by atoms with van der Waals surface area (Å²) in [4.78, 5) is 0. The van der Waals surface area contributed by atoms with Crippen LogP contribution in [-0.2, 0) is 0 Å². The average molecular weight is 388 g/mol. The molecule has 3 rings (SSSR count). The highest BCUT2D eigenvalue weighted by Gasteiger charge is 2.09. The van der Waals surface area contributed by atoms with Crippen molar-refractivity contribution in [1.29, 1.82) is 5.26 Å². The smallest absolute Gasteiger partial charge is 0.148 e. The number of rotatable bonds is 4. The van der Waals surface area contributed by atoms with E-state index in [0.29, 0.717) is 11.3 Å². The topological polar surface area (TPSA) is 33.0 Å². The molecular formula is C22H14BrNO. The molecule has 0 N–H and O–H groups in total. The molecule has 3 aromatic carbocycles. The van der Waals surface area contributed by atoms with Crippen LogP contribution in [0.15, 0.2) is 65.1 Å². The second-order valence-electron chi connectivity index (χ2n) is 5.37. The molecule has 120 valence electrons. The molecule has 0 aromatic heterocycles. The van der Waals surface area contributed by atoms with Gasteiger partial charge in [0.2, 0.25) is 0 Å². The Hall–Kier alpha value is -3.01. The molecule has 0 aliphatic heterocycles. The standard InChI is InChI=1S/C22H14BrNO/c1-2-13-25-22-12-9-17-5-3-4-6-20(17)21(22)14-18(15-24)16-7-10-19(23)11-8-16/h1,3-12,14H,13H2/b18-14+. The molecule has 2 nitrogen and oxygen atoms in total. The van der Waals surface area contributed by atoms with Crippen molar-refractivity contribution in [2.75, 3.05) is 6.61 Å². The fraction of sp³-hybridized carbons (Fsp3) is 0.0455. The molecule has 25 heavy (non-hydrogen) atoms. The van der Waals surface area contributed by atoms with Gasteiger partial charge in [0.05, 0.1) is 11.6 Å². The number of ether oxygens (including phenoxy) is 1. The van der Waals surface area contributed by atoms with Crippen molar-refractivity contribution >= 4 is 38.4 Å². The van der Waals surface area contributed by atoms with E-state index in [-0.39, 0.29) is 6.61 Å². The van der Waals surface area contributed by atoms with Gasteiger partial charge >= 0.3 is 0 Å². The highest BCUT2D eigenvalue weighted by Crippen LogP contribution is 2.32. The third kappa shape index (κ3) is 3.74. The molecule has 0 fully saturated rings. The van der Waals surface area contributed by atoms with Gasteiger partial charge in [-0.1, -0.05) is 64.3 Å². The van der Waals surface area contributed by atoms with Gasteiger partial charge in [0.15, 0.2) is 0 Å². The van der Waals surface area contributed by atoms with Crippen LogP contribution in [0, 0.1) is 23.7 Å². The largest absolute Gasteiger partial charge is 0.480 e. The number of fused-ring (bicyclic) bond motifs is 1. The van der Waals surface area contributed by atoms with E-state index in [2.05, 4.69) is 27.9 Å². The van der Waals surface area contributed by atoms with Gasteiger partial charge in [0.25, 0.3) is 0 Å². The third-order valence-electron chi connectivity index (χ3n) is 3.81. The monoisotopic (exact) mass is 387 g/mol. The lowest BCUT2D eigenvalue weighted by atomic mass is 9.98. The zero-order valence-electron chi connectivity index (χ0n) is 13.4. The van der Waals surface area contributed by atoms with Crippen molar-refractivity contribution in [3.05, 3.63) is 76.3 Å². The summed E-state index contributed by atoms with van der Waals surface area (Å²) < 4.78 is 6.67. The van der Waals surface area contributed by atoms with E-state index in [1.165, 1.54) is 0 Å². The van der Waals surface area contributed by atoms with Crippen LogP contribution in [0.4, 0.5) is 0 Å². The van der Waals surface area contributed by atoms with E-state index in [1.807, 2.05) is 66.7 Å². The molecule has 0 bridgehead atoms. The number of benzene rings is 3. The van der Waals surface area contributed by atoms with Crippen LogP contribution < -0.4 is 4.74 Å². The Balaban J connectivity index is 2.19. The number of hydrogen-bond acceptors (Lipinski definition) is 2. The SMILES string of the molecule is C#CCOc1ccc2ccccc2c1/C=C(\C#N)c1ccc(Br)cc1. The predicted molar refractivity (Wildman–Crippen MR) is 106 cm³/mol. The molecule has 0 saturated carbocycles. The van der Waals surface area contributed by atoms with Crippen LogP contribution >= 0.6 is 15.9 Å². The number of allylic oxidation sites excluding steroid dienone is 1. The van der Waals surface area contributed by atoms with Crippen LogP contribution in [0.2, 0.25) is 0 Å². The molecule has 0 aliphatic rings. The fourth-order valence-corrected chi connectivity index (χ4v) is 2.89. The van der Waals surface area contributed by atoms with Gasteiger partial charge in [0.1, 0.15) is 12.4 Å².